The second kappa shape index (κ2) is 8.45. The zero-order valence-corrected chi connectivity index (χ0v) is 18.7. The van der Waals surface area contributed by atoms with Gasteiger partial charge in [-0.25, -0.2) is 0 Å². The van der Waals surface area contributed by atoms with E-state index in [9.17, 15) is 14.2 Å². The molecule has 1 unspecified atom stereocenters. The van der Waals surface area contributed by atoms with Crippen LogP contribution in [0.3, 0.4) is 0 Å². The highest BCUT2D eigenvalue weighted by atomic mass is 35.5. The predicted molar refractivity (Wildman–Crippen MR) is 120 cm³/mol. The van der Waals surface area contributed by atoms with E-state index in [0.717, 1.165) is 0 Å². The maximum atomic E-state index is 14.3. The lowest BCUT2D eigenvalue weighted by Crippen LogP contribution is -2.22. The van der Waals surface area contributed by atoms with Crippen LogP contribution in [0.2, 0.25) is 15.1 Å². The van der Waals surface area contributed by atoms with Crippen LogP contribution in [0, 0.1) is 13.8 Å². The molecule has 0 aromatic heterocycles. The predicted octanol–water partition coefficient (Wildman–Crippen LogP) is 6.93. The monoisotopic (exact) mass is 464 g/mol. The first-order valence-corrected chi connectivity index (χ1v) is 11.5. The zero-order valence-electron chi connectivity index (χ0n) is 15.6. The average Bonchev–Trinajstić information content (AvgIpc) is 2.66. The molecule has 0 saturated heterocycles. The minimum absolute atomic E-state index is 0.0574. The molecule has 3 rings (SSSR count). The number of halogens is 3. The van der Waals surface area contributed by atoms with E-state index in [1.54, 1.807) is 50.2 Å². The van der Waals surface area contributed by atoms with Gasteiger partial charge in [0.15, 0.2) is 0 Å². The highest BCUT2D eigenvalue weighted by molar-refractivity contribution is 8.01. The summed E-state index contributed by atoms with van der Waals surface area (Å²) in [6.45, 7) is 3.48. The molecule has 0 N–H and O–H groups in total. The fraction of sp³-hybridized carbons (Fsp3) is 0.0909. The van der Waals surface area contributed by atoms with Gasteiger partial charge in [0.05, 0.1) is 15.6 Å². The molecule has 1 atom stereocenters. The van der Waals surface area contributed by atoms with E-state index in [2.05, 4.69) is 0 Å². The van der Waals surface area contributed by atoms with Crippen molar-refractivity contribution in [1.82, 2.24) is 0 Å². The van der Waals surface area contributed by atoms with E-state index in [1.807, 2.05) is 0 Å². The minimum Gasteiger partial charge on any atom is -0.302 e. The largest absolute Gasteiger partial charge is 0.302 e. The Balaban J connectivity index is 2.31. The highest BCUT2D eigenvalue weighted by Gasteiger charge is 2.45. The zero-order chi connectivity index (χ0) is 21.3. The molecular weight excluding hydrogens is 450 g/mol. The van der Waals surface area contributed by atoms with E-state index in [1.165, 1.54) is 24.3 Å². The number of hydrogen-bond acceptors (Lipinski definition) is 3. The van der Waals surface area contributed by atoms with Crippen LogP contribution in [0.25, 0.3) is 0 Å². The number of rotatable bonds is 5. The van der Waals surface area contributed by atoms with Crippen molar-refractivity contribution >= 4 is 58.3 Å². The van der Waals surface area contributed by atoms with Gasteiger partial charge >= 0.3 is 0 Å². The molecule has 0 aliphatic carbocycles. The molecule has 7 heteroatoms. The molecule has 3 aromatic carbocycles. The second-order valence-corrected chi connectivity index (χ2v) is 10.4. The van der Waals surface area contributed by atoms with Gasteiger partial charge in [-0.2, -0.15) is 0 Å². The van der Waals surface area contributed by atoms with E-state index in [4.69, 9.17) is 34.8 Å². The fourth-order valence-corrected chi connectivity index (χ4v) is 6.77. The first-order chi connectivity index (χ1) is 13.7. The summed E-state index contributed by atoms with van der Waals surface area (Å²) >= 11 is 18.4. The molecule has 29 heavy (non-hydrogen) atoms. The van der Waals surface area contributed by atoms with E-state index in [0.29, 0.717) is 11.1 Å². The highest BCUT2D eigenvalue weighted by Crippen LogP contribution is 2.53. The molecule has 0 spiro atoms. The quantitative estimate of drug-likeness (QED) is 0.384. The first kappa shape index (κ1) is 21.8. The van der Waals surface area contributed by atoms with Crippen molar-refractivity contribution in [2.75, 3.05) is 0 Å². The Kier molecular flexibility index (Phi) is 6.36. The van der Waals surface area contributed by atoms with Crippen molar-refractivity contribution in [3.8, 4) is 0 Å². The van der Waals surface area contributed by atoms with Crippen molar-refractivity contribution in [1.29, 1.82) is 0 Å². The Hall–Kier alpha value is -1.90. The van der Waals surface area contributed by atoms with Crippen molar-refractivity contribution < 1.29 is 14.2 Å². The van der Waals surface area contributed by atoms with Crippen LogP contribution in [0.4, 0.5) is 0 Å². The van der Waals surface area contributed by atoms with Crippen LogP contribution >= 0.6 is 41.9 Å². The summed E-state index contributed by atoms with van der Waals surface area (Å²) in [6, 6.07) is 15.9. The summed E-state index contributed by atoms with van der Waals surface area (Å²) in [5.74, 6) is 0. The summed E-state index contributed by atoms with van der Waals surface area (Å²) in [5, 5.41) is 0.239. The average molecular weight is 466 g/mol. The van der Waals surface area contributed by atoms with Crippen LogP contribution in [-0.4, -0.2) is 11.0 Å². The number of hydrogen-bond donors (Lipinski definition) is 0. The second-order valence-electron chi connectivity index (χ2n) is 6.57. The first-order valence-electron chi connectivity index (χ1n) is 8.64. The van der Waals surface area contributed by atoms with Gasteiger partial charge in [-0.1, -0.05) is 83.3 Å². The maximum Gasteiger partial charge on any atom is 0.248 e. The molecule has 0 radical (unpaired) electrons. The smallest absolute Gasteiger partial charge is 0.248 e. The lowest BCUT2D eigenvalue weighted by atomic mass is 10.0. The lowest BCUT2D eigenvalue weighted by Gasteiger charge is -2.20. The molecule has 0 aliphatic heterocycles. The number of carbonyl (C=O) groups excluding carboxylic acids is 2. The Bertz CT molecular complexity index is 1130. The fourth-order valence-electron chi connectivity index (χ4n) is 3.18. The third-order valence-electron chi connectivity index (χ3n) is 4.61. The summed E-state index contributed by atoms with van der Waals surface area (Å²) in [7, 11) is -4.31. The molecule has 3 aromatic rings. The van der Waals surface area contributed by atoms with Gasteiger partial charge in [0.25, 0.3) is 0 Å². The molecular formula is C22H16Cl3O3P. The minimum atomic E-state index is -4.31. The summed E-state index contributed by atoms with van der Waals surface area (Å²) in [4.78, 5) is 27.2. The molecule has 0 heterocycles. The van der Waals surface area contributed by atoms with E-state index < -0.39 is 18.2 Å². The van der Waals surface area contributed by atoms with Gasteiger partial charge in [0.2, 0.25) is 18.2 Å². The van der Waals surface area contributed by atoms with Gasteiger partial charge in [-0.15, -0.1) is 0 Å². The van der Waals surface area contributed by atoms with Gasteiger partial charge in [-0.3, -0.25) is 9.59 Å². The normalized spacial score (nSPS) is 13.0. The maximum absolute atomic E-state index is 14.3. The van der Waals surface area contributed by atoms with Gasteiger partial charge < -0.3 is 4.57 Å². The third-order valence-corrected chi connectivity index (χ3v) is 8.04. The Morgan fingerprint density at radius 1 is 0.724 bits per heavy atom. The van der Waals surface area contributed by atoms with Crippen LogP contribution in [0.15, 0.2) is 60.7 Å². The van der Waals surface area contributed by atoms with Gasteiger partial charge in [-0.05, 0) is 37.1 Å². The van der Waals surface area contributed by atoms with Gasteiger partial charge in [0.1, 0.15) is 0 Å². The molecule has 0 amide bonds. The number of aryl methyl sites for hydroxylation is 2. The van der Waals surface area contributed by atoms with Crippen molar-refractivity contribution in [2.24, 2.45) is 0 Å². The summed E-state index contributed by atoms with van der Waals surface area (Å²) in [5.41, 5.74) is -0.312. The summed E-state index contributed by atoms with van der Waals surface area (Å²) in [6.07, 6.45) is 0. The van der Waals surface area contributed by atoms with Crippen molar-refractivity contribution in [3.63, 3.8) is 0 Å². The van der Waals surface area contributed by atoms with Crippen LogP contribution < -0.4 is 5.30 Å². The number of benzene rings is 3. The van der Waals surface area contributed by atoms with Crippen molar-refractivity contribution in [2.45, 2.75) is 13.8 Å². The topological polar surface area (TPSA) is 51.2 Å². The lowest BCUT2D eigenvalue weighted by molar-refractivity contribution is 0.104. The molecule has 3 nitrogen and oxygen atoms in total. The van der Waals surface area contributed by atoms with Crippen molar-refractivity contribution in [3.05, 3.63) is 98.0 Å². The summed E-state index contributed by atoms with van der Waals surface area (Å²) < 4.78 is 14.3. The van der Waals surface area contributed by atoms with Crippen LogP contribution in [0.5, 0.6) is 0 Å². The molecule has 0 fully saturated rings. The Labute approximate surface area is 184 Å². The standard InChI is InChI=1S/C22H16Cl3O3P/c1-13-7-6-8-14(2)19(13)21(26)29(28,16-9-4-3-5-10-16)22(27)20-17(24)11-15(23)12-18(20)25/h3-12H,1-2H3. The number of carbonyl (C=O) groups is 2. The van der Waals surface area contributed by atoms with Crippen LogP contribution in [0.1, 0.15) is 31.8 Å². The van der Waals surface area contributed by atoms with E-state index in [-0.39, 0.29) is 31.5 Å². The Morgan fingerprint density at radius 3 is 1.72 bits per heavy atom. The Morgan fingerprint density at radius 2 is 1.21 bits per heavy atom. The molecule has 0 aliphatic rings. The van der Waals surface area contributed by atoms with Crippen LogP contribution in [-0.2, 0) is 4.57 Å². The molecule has 0 bridgehead atoms. The van der Waals surface area contributed by atoms with Gasteiger partial charge in [0, 0.05) is 15.9 Å². The van der Waals surface area contributed by atoms with E-state index >= 15 is 0 Å². The molecule has 148 valence electrons. The SMILES string of the molecule is Cc1cccc(C)c1C(=O)P(=O)(C(=O)c1c(Cl)cc(Cl)cc1Cl)c1ccccc1. The third kappa shape index (κ3) is 3.93. The molecule has 0 saturated carbocycles.